The Morgan fingerprint density at radius 3 is 2.65 bits per heavy atom. The molecule has 1 amide bonds. The molecule has 1 aliphatic rings. The third kappa shape index (κ3) is 2.53. The third-order valence-corrected chi connectivity index (χ3v) is 4.30. The van der Waals surface area contributed by atoms with Gasteiger partial charge in [0.2, 0.25) is 5.91 Å². The van der Waals surface area contributed by atoms with Crippen LogP contribution < -0.4 is 5.73 Å². The first-order chi connectivity index (χ1) is 8.09. The smallest absolute Gasteiger partial charge is 0.235 e. The molecular weight excluding hydrogens is 243 g/mol. The van der Waals surface area contributed by atoms with Gasteiger partial charge in [-0.3, -0.25) is 4.79 Å². The Morgan fingerprint density at radius 2 is 2.06 bits per heavy atom. The first-order valence-corrected chi connectivity index (χ1v) is 6.43. The zero-order valence-electron chi connectivity index (χ0n) is 9.14. The van der Waals surface area contributed by atoms with Crippen LogP contribution in [0.15, 0.2) is 29.2 Å². The van der Waals surface area contributed by atoms with E-state index in [0.29, 0.717) is 17.9 Å². The number of hydrogen-bond donors (Lipinski definition) is 1. The SMILES string of the molecule is NC(=O)C1CCCN1S(=O)c1ccc(F)cc1. The van der Waals surface area contributed by atoms with E-state index < -0.39 is 22.9 Å². The average molecular weight is 256 g/mol. The Bertz CT molecular complexity index is 449. The Hall–Kier alpha value is -1.27. The maximum atomic E-state index is 12.7. The van der Waals surface area contributed by atoms with Gasteiger partial charge in [0.1, 0.15) is 22.8 Å². The maximum absolute atomic E-state index is 12.7. The molecule has 1 aliphatic heterocycles. The molecule has 0 aromatic heterocycles. The molecule has 17 heavy (non-hydrogen) atoms. The summed E-state index contributed by atoms with van der Waals surface area (Å²) in [5.74, 6) is -0.836. The molecule has 2 atom stereocenters. The lowest BCUT2D eigenvalue weighted by atomic mass is 10.2. The van der Waals surface area contributed by atoms with Crippen molar-refractivity contribution < 1.29 is 13.4 Å². The molecule has 6 heteroatoms. The zero-order valence-corrected chi connectivity index (χ0v) is 9.95. The van der Waals surface area contributed by atoms with E-state index in [1.807, 2.05) is 0 Å². The molecule has 0 bridgehead atoms. The lowest BCUT2D eigenvalue weighted by Gasteiger charge is -2.20. The van der Waals surface area contributed by atoms with Crippen LogP contribution in [0.4, 0.5) is 4.39 Å². The summed E-state index contributed by atoms with van der Waals surface area (Å²) in [4.78, 5) is 11.7. The number of amides is 1. The summed E-state index contributed by atoms with van der Waals surface area (Å²) in [6, 6.07) is 4.94. The topological polar surface area (TPSA) is 63.4 Å². The lowest BCUT2D eigenvalue weighted by molar-refractivity contribution is -0.120. The highest BCUT2D eigenvalue weighted by Crippen LogP contribution is 2.23. The summed E-state index contributed by atoms with van der Waals surface area (Å²) in [6.07, 6.45) is 1.42. The summed E-state index contributed by atoms with van der Waals surface area (Å²) in [7, 11) is -1.45. The molecule has 2 rings (SSSR count). The van der Waals surface area contributed by atoms with Gasteiger partial charge in [-0.1, -0.05) is 0 Å². The Labute approximate surface area is 101 Å². The number of nitrogens with two attached hydrogens (primary N) is 1. The minimum absolute atomic E-state index is 0.376. The van der Waals surface area contributed by atoms with Crippen LogP contribution in [0.1, 0.15) is 12.8 Å². The second-order valence-corrected chi connectivity index (χ2v) is 5.34. The number of benzene rings is 1. The fourth-order valence-electron chi connectivity index (χ4n) is 1.91. The monoisotopic (exact) mass is 256 g/mol. The van der Waals surface area contributed by atoms with Gasteiger partial charge in [-0.25, -0.2) is 12.9 Å². The van der Waals surface area contributed by atoms with Gasteiger partial charge in [0, 0.05) is 6.54 Å². The quantitative estimate of drug-likeness (QED) is 0.869. The lowest BCUT2D eigenvalue weighted by Crippen LogP contribution is -2.41. The van der Waals surface area contributed by atoms with Crippen LogP contribution in [0.3, 0.4) is 0 Å². The molecule has 0 saturated carbocycles. The number of halogens is 1. The molecule has 1 aromatic carbocycles. The summed E-state index contributed by atoms with van der Waals surface area (Å²) >= 11 is 0. The maximum Gasteiger partial charge on any atom is 0.235 e. The van der Waals surface area contributed by atoms with Crippen LogP contribution in [0.5, 0.6) is 0 Å². The molecule has 1 heterocycles. The number of rotatable bonds is 3. The van der Waals surface area contributed by atoms with Crippen molar-refractivity contribution in [2.75, 3.05) is 6.54 Å². The van der Waals surface area contributed by atoms with Crippen molar-refractivity contribution in [3.05, 3.63) is 30.1 Å². The Kier molecular flexibility index (Phi) is 3.54. The minimum atomic E-state index is -1.45. The summed E-state index contributed by atoms with van der Waals surface area (Å²) in [5, 5.41) is 0. The molecule has 2 unspecified atom stereocenters. The van der Waals surface area contributed by atoms with E-state index >= 15 is 0 Å². The average Bonchev–Trinajstić information content (AvgIpc) is 2.78. The summed E-state index contributed by atoms with van der Waals surface area (Å²) < 4.78 is 26.5. The third-order valence-electron chi connectivity index (χ3n) is 2.76. The van der Waals surface area contributed by atoms with Crippen molar-refractivity contribution in [3.8, 4) is 0 Å². The van der Waals surface area contributed by atoms with E-state index in [-0.39, 0.29) is 5.82 Å². The Balaban J connectivity index is 2.19. The molecule has 4 nitrogen and oxygen atoms in total. The molecule has 2 N–H and O–H groups in total. The van der Waals surface area contributed by atoms with Gasteiger partial charge in [0.05, 0.1) is 4.90 Å². The highest BCUT2D eigenvalue weighted by Gasteiger charge is 2.33. The highest BCUT2D eigenvalue weighted by atomic mass is 32.2. The van der Waals surface area contributed by atoms with Crippen molar-refractivity contribution >= 4 is 16.9 Å². The van der Waals surface area contributed by atoms with Crippen LogP contribution in [0.2, 0.25) is 0 Å². The van der Waals surface area contributed by atoms with Gasteiger partial charge in [-0.2, -0.15) is 0 Å². The van der Waals surface area contributed by atoms with Gasteiger partial charge < -0.3 is 5.73 Å². The molecule has 92 valence electrons. The van der Waals surface area contributed by atoms with Crippen molar-refractivity contribution in [2.45, 2.75) is 23.8 Å². The van der Waals surface area contributed by atoms with Crippen molar-refractivity contribution in [1.82, 2.24) is 4.31 Å². The Morgan fingerprint density at radius 1 is 1.41 bits per heavy atom. The van der Waals surface area contributed by atoms with Crippen LogP contribution in [0.25, 0.3) is 0 Å². The highest BCUT2D eigenvalue weighted by molar-refractivity contribution is 7.82. The summed E-state index contributed by atoms with van der Waals surface area (Å²) in [5.41, 5.74) is 5.25. The van der Waals surface area contributed by atoms with Gasteiger partial charge in [-0.05, 0) is 37.1 Å². The largest absolute Gasteiger partial charge is 0.368 e. The second kappa shape index (κ2) is 4.93. The molecule has 0 spiro atoms. The van der Waals surface area contributed by atoms with E-state index in [1.54, 1.807) is 4.31 Å². The predicted molar refractivity (Wildman–Crippen MR) is 61.7 cm³/mol. The first kappa shape index (κ1) is 12.2. The van der Waals surface area contributed by atoms with Gasteiger partial charge >= 0.3 is 0 Å². The van der Waals surface area contributed by atoms with Gasteiger partial charge in [0.15, 0.2) is 0 Å². The molecule has 0 aliphatic carbocycles. The number of hydrogen-bond acceptors (Lipinski definition) is 2. The van der Waals surface area contributed by atoms with Crippen LogP contribution in [-0.4, -0.2) is 27.0 Å². The molecule has 0 radical (unpaired) electrons. The predicted octanol–water partition coefficient (Wildman–Crippen LogP) is 0.798. The van der Waals surface area contributed by atoms with E-state index in [0.717, 1.165) is 6.42 Å². The zero-order chi connectivity index (χ0) is 12.4. The van der Waals surface area contributed by atoms with E-state index in [1.165, 1.54) is 24.3 Å². The fourth-order valence-corrected chi connectivity index (χ4v) is 3.28. The van der Waals surface area contributed by atoms with Crippen LogP contribution in [0, 0.1) is 5.82 Å². The normalized spacial score (nSPS) is 22.5. The van der Waals surface area contributed by atoms with Crippen LogP contribution >= 0.6 is 0 Å². The fraction of sp³-hybridized carbons (Fsp3) is 0.364. The standard InChI is InChI=1S/C11H13FN2O2S/c12-8-3-5-9(6-4-8)17(16)14-7-1-2-10(14)11(13)15/h3-6,10H,1-2,7H2,(H2,13,15). The molecule has 1 fully saturated rings. The van der Waals surface area contributed by atoms with Gasteiger partial charge in [-0.15, -0.1) is 0 Å². The number of carbonyl (C=O) groups is 1. The minimum Gasteiger partial charge on any atom is -0.368 e. The molecule has 1 saturated heterocycles. The van der Waals surface area contributed by atoms with Gasteiger partial charge in [0.25, 0.3) is 0 Å². The molecule has 1 aromatic rings. The second-order valence-electron chi connectivity index (χ2n) is 3.90. The number of primary amides is 1. The van der Waals surface area contributed by atoms with Crippen molar-refractivity contribution in [3.63, 3.8) is 0 Å². The van der Waals surface area contributed by atoms with E-state index in [9.17, 15) is 13.4 Å². The van der Waals surface area contributed by atoms with Crippen LogP contribution in [-0.2, 0) is 15.8 Å². The number of nitrogens with zero attached hydrogens (tertiary/aromatic N) is 1. The van der Waals surface area contributed by atoms with E-state index in [4.69, 9.17) is 5.73 Å². The van der Waals surface area contributed by atoms with E-state index in [2.05, 4.69) is 0 Å². The first-order valence-electron chi connectivity index (χ1n) is 5.33. The van der Waals surface area contributed by atoms with Crippen molar-refractivity contribution in [1.29, 1.82) is 0 Å². The molecular formula is C11H13FN2O2S. The van der Waals surface area contributed by atoms with Crippen molar-refractivity contribution in [2.24, 2.45) is 5.73 Å². The summed E-state index contributed by atoms with van der Waals surface area (Å²) in [6.45, 7) is 0.567. The number of carbonyl (C=O) groups excluding carboxylic acids is 1.